The van der Waals surface area contributed by atoms with E-state index in [0.717, 1.165) is 11.1 Å². The first-order chi connectivity index (χ1) is 17.4. The van der Waals surface area contributed by atoms with Gasteiger partial charge in [0.05, 0.1) is 25.7 Å². The summed E-state index contributed by atoms with van der Waals surface area (Å²) in [6.07, 6.45) is 3.09. The predicted molar refractivity (Wildman–Crippen MR) is 135 cm³/mol. The van der Waals surface area contributed by atoms with E-state index >= 15 is 0 Å². The highest BCUT2D eigenvalue weighted by Crippen LogP contribution is 2.41. The summed E-state index contributed by atoms with van der Waals surface area (Å²) in [4.78, 5) is 37.0. The van der Waals surface area contributed by atoms with Gasteiger partial charge in [0, 0.05) is 43.8 Å². The first-order valence-corrected chi connectivity index (χ1v) is 12.2. The maximum absolute atomic E-state index is 12.9. The van der Waals surface area contributed by atoms with Crippen LogP contribution < -0.4 is 14.4 Å². The summed E-state index contributed by atoms with van der Waals surface area (Å²) in [5.41, 5.74) is 2.31. The zero-order valence-electron chi connectivity index (χ0n) is 20.7. The fourth-order valence-corrected chi connectivity index (χ4v) is 4.90. The maximum atomic E-state index is 12.9. The molecule has 0 radical (unpaired) electrons. The molecule has 0 unspecified atom stereocenters. The number of hydrogen-bond donors (Lipinski definition) is 0. The minimum atomic E-state index is -0.594. The lowest BCUT2D eigenvalue weighted by Crippen LogP contribution is -2.51. The van der Waals surface area contributed by atoms with Crippen LogP contribution in [0.4, 0.5) is 5.82 Å². The third kappa shape index (κ3) is 4.51. The number of aryl methyl sites for hydroxylation is 1. The molecule has 36 heavy (non-hydrogen) atoms. The van der Waals surface area contributed by atoms with E-state index in [1.54, 1.807) is 38.4 Å². The first kappa shape index (κ1) is 23.8. The molecule has 1 fully saturated rings. The van der Waals surface area contributed by atoms with Crippen LogP contribution in [0, 0.1) is 6.92 Å². The van der Waals surface area contributed by atoms with E-state index in [0.29, 0.717) is 66.6 Å². The summed E-state index contributed by atoms with van der Waals surface area (Å²) in [5.74, 6) is 1.93. The number of methoxy groups -OCH3 is 1. The standard InChI is InChI=1S/C28H29N3O5/c1-4-35-27(33)22-17-29-25(19-7-5-6-18(2)14-19)30-26(22)31-12-10-28(11-13-31)16-23(32)21-9-8-20(34-3)15-24(21)36-28/h5-9,14-15,17H,4,10-13,16H2,1-3H3. The summed E-state index contributed by atoms with van der Waals surface area (Å²) in [5, 5.41) is 0. The molecule has 2 aromatic carbocycles. The van der Waals surface area contributed by atoms with Gasteiger partial charge < -0.3 is 19.1 Å². The van der Waals surface area contributed by atoms with Crippen molar-refractivity contribution >= 4 is 17.6 Å². The van der Waals surface area contributed by atoms with E-state index < -0.39 is 11.6 Å². The molecule has 0 amide bonds. The number of ether oxygens (including phenoxy) is 3. The van der Waals surface area contributed by atoms with Gasteiger partial charge in [-0.05, 0) is 32.0 Å². The van der Waals surface area contributed by atoms with E-state index in [-0.39, 0.29) is 12.4 Å². The summed E-state index contributed by atoms with van der Waals surface area (Å²) in [7, 11) is 1.59. The normalized spacial score (nSPS) is 16.3. The van der Waals surface area contributed by atoms with Crippen LogP contribution in [0.2, 0.25) is 0 Å². The van der Waals surface area contributed by atoms with Crippen LogP contribution in [-0.4, -0.2) is 54.1 Å². The van der Waals surface area contributed by atoms with Crippen molar-refractivity contribution < 1.29 is 23.8 Å². The third-order valence-corrected chi connectivity index (χ3v) is 6.81. The fourth-order valence-electron chi connectivity index (χ4n) is 4.90. The minimum Gasteiger partial charge on any atom is -0.497 e. The molecule has 3 heterocycles. The van der Waals surface area contributed by atoms with Crippen molar-refractivity contribution in [2.75, 3.05) is 31.7 Å². The average Bonchev–Trinajstić information content (AvgIpc) is 2.88. The van der Waals surface area contributed by atoms with Crippen molar-refractivity contribution in [2.45, 2.75) is 38.7 Å². The number of carbonyl (C=O) groups excluding carboxylic acids is 2. The smallest absolute Gasteiger partial charge is 0.343 e. The third-order valence-electron chi connectivity index (χ3n) is 6.81. The van der Waals surface area contributed by atoms with Crippen molar-refractivity contribution in [1.29, 1.82) is 0 Å². The number of anilines is 1. The number of rotatable bonds is 5. The Morgan fingerprint density at radius 2 is 1.97 bits per heavy atom. The van der Waals surface area contributed by atoms with E-state index in [9.17, 15) is 9.59 Å². The molecule has 1 spiro atoms. The van der Waals surface area contributed by atoms with Crippen LogP contribution in [0.5, 0.6) is 11.5 Å². The SMILES string of the molecule is CCOC(=O)c1cnc(-c2cccc(C)c2)nc1N1CCC2(CC1)CC(=O)c1ccc(OC)cc1O2. The van der Waals surface area contributed by atoms with Crippen LogP contribution >= 0.6 is 0 Å². The summed E-state index contributed by atoms with van der Waals surface area (Å²) < 4.78 is 17.0. The van der Waals surface area contributed by atoms with Crippen molar-refractivity contribution in [3.8, 4) is 22.9 Å². The minimum absolute atomic E-state index is 0.0725. The second kappa shape index (κ2) is 9.60. The second-order valence-electron chi connectivity index (χ2n) is 9.26. The number of ketones is 1. The van der Waals surface area contributed by atoms with Crippen LogP contribution in [0.25, 0.3) is 11.4 Å². The molecule has 0 saturated carbocycles. The Bertz CT molecular complexity index is 1310. The highest BCUT2D eigenvalue weighted by molar-refractivity contribution is 6.00. The number of benzene rings is 2. The molecule has 8 heteroatoms. The number of nitrogens with zero attached hydrogens (tertiary/aromatic N) is 3. The van der Waals surface area contributed by atoms with Gasteiger partial charge in [0.15, 0.2) is 11.6 Å². The van der Waals surface area contributed by atoms with Crippen LogP contribution in [0.3, 0.4) is 0 Å². The predicted octanol–water partition coefficient (Wildman–Crippen LogP) is 4.64. The zero-order chi connectivity index (χ0) is 25.3. The van der Waals surface area contributed by atoms with Gasteiger partial charge in [0.2, 0.25) is 0 Å². The van der Waals surface area contributed by atoms with E-state index in [1.165, 1.54) is 0 Å². The van der Waals surface area contributed by atoms with E-state index in [4.69, 9.17) is 19.2 Å². The Morgan fingerprint density at radius 3 is 2.69 bits per heavy atom. The summed E-state index contributed by atoms with van der Waals surface area (Å²) in [6.45, 7) is 5.20. The lowest BCUT2D eigenvalue weighted by atomic mass is 9.82. The van der Waals surface area contributed by atoms with Crippen molar-refractivity contribution in [3.05, 3.63) is 65.4 Å². The van der Waals surface area contributed by atoms with Gasteiger partial charge in [-0.2, -0.15) is 0 Å². The largest absolute Gasteiger partial charge is 0.497 e. The maximum Gasteiger partial charge on any atom is 0.343 e. The molecular formula is C28H29N3O5. The molecule has 186 valence electrons. The molecule has 5 rings (SSSR count). The first-order valence-electron chi connectivity index (χ1n) is 12.2. The highest BCUT2D eigenvalue weighted by Gasteiger charge is 2.43. The number of Topliss-reactive ketones (excluding diaryl/α,β-unsaturated/α-hetero) is 1. The fraction of sp³-hybridized carbons (Fsp3) is 0.357. The number of carbonyl (C=O) groups is 2. The zero-order valence-corrected chi connectivity index (χ0v) is 20.7. The topological polar surface area (TPSA) is 90.9 Å². The van der Waals surface area contributed by atoms with Gasteiger partial charge in [0.25, 0.3) is 0 Å². The second-order valence-corrected chi connectivity index (χ2v) is 9.26. The van der Waals surface area contributed by atoms with Gasteiger partial charge in [-0.15, -0.1) is 0 Å². The molecule has 2 aliphatic rings. The molecule has 3 aromatic rings. The molecule has 0 N–H and O–H groups in total. The molecule has 0 bridgehead atoms. The molecule has 0 atom stereocenters. The average molecular weight is 488 g/mol. The molecule has 2 aliphatic heterocycles. The molecule has 0 aliphatic carbocycles. The quantitative estimate of drug-likeness (QED) is 0.481. The number of aromatic nitrogens is 2. The Kier molecular flexibility index (Phi) is 6.35. The van der Waals surface area contributed by atoms with Crippen molar-refractivity contribution in [3.63, 3.8) is 0 Å². The lowest BCUT2D eigenvalue weighted by molar-refractivity contribution is 0.0229. The van der Waals surface area contributed by atoms with Gasteiger partial charge in [-0.3, -0.25) is 4.79 Å². The number of fused-ring (bicyclic) bond motifs is 1. The van der Waals surface area contributed by atoms with Gasteiger partial charge in [-0.25, -0.2) is 14.8 Å². The Hall–Kier alpha value is -3.94. The van der Waals surface area contributed by atoms with E-state index in [2.05, 4.69) is 9.88 Å². The van der Waals surface area contributed by atoms with Crippen molar-refractivity contribution in [1.82, 2.24) is 9.97 Å². The Balaban J connectivity index is 1.43. The number of hydrogen-bond acceptors (Lipinski definition) is 8. The van der Waals surface area contributed by atoms with Gasteiger partial charge in [-0.1, -0.05) is 23.8 Å². The lowest BCUT2D eigenvalue weighted by Gasteiger charge is -2.44. The number of piperidine rings is 1. The Morgan fingerprint density at radius 1 is 1.17 bits per heavy atom. The Labute approximate surface area is 210 Å². The molecule has 1 aromatic heterocycles. The van der Waals surface area contributed by atoms with Gasteiger partial charge in [0.1, 0.15) is 28.5 Å². The van der Waals surface area contributed by atoms with Crippen LogP contribution in [0.1, 0.15) is 52.5 Å². The van der Waals surface area contributed by atoms with Gasteiger partial charge >= 0.3 is 5.97 Å². The molecule has 8 nitrogen and oxygen atoms in total. The molecular weight excluding hydrogens is 458 g/mol. The van der Waals surface area contributed by atoms with Crippen LogP contribution in [0.15, 0.2) is 48.7 Å². The summed E-state index contributed by atoms with van der Waals surface area (Å²) in [6, 6.07) is 13.3. The molecule has 1 saturated heterocycles. The monoisotopic (exact) mass is 487 g/mol. The van der Waals surface area contributed by atoms with Crippen LogP contribution in [-0.2, 0) is 4.74 Å². The highest BCUT2D eigenvalue weighted by atomic mass is 16.5. The number of esters is 1. The van der Waals surface area contributed by atoms with Crippen molar-refractivity contribution in [2.24, 2.45) is 0 Å². The summed E-state index contributed by atoms with van der Waals surface area (Å²) >= 11 is 0. The van der Waals surface area contributed by atoms with E-state index in [1.807, 2.05) is 31.2 Å².